The molecule has 0 aromatic carbocycles. The molecule has 5 nitrogen and oxygen atoms in total. The molecular weight excluding hydrogens is 208 g/mol. The van der Waals surface area contributed by atoms with Gasteiger partial charge in [0, 0.05) is 6.04 Å². The normalized spacial score (nSPS) is 16.3. The first kappa shape index (κ1) is 12.7. The van der Waals surface area contributed by atoms with E-state index in [9.17, 15) is 14.4 Å². The second-order valence-electron chi connectivity index (χ2n) is 4.11. The summed E-state index contributed by atoms with van der Waals surface area (Å²) in [5, 5.41) is 5.20. The molecule has 2 N–H and O–H groups in total. The molecule has 1 saturated carbocycles. The molecule has 2 amide bonds. The molecule has 16 heavy (non-hydrogen) atoms. The summed E-state index contributed by atoms with van der Waals surface area (Å²) in [5.41, 5.74) is 0. The largest absolute Gasteiger partial charge is 0.353 e. The van der Waals surface area contributed by atoms with Crippen LogP contribution in [0.2, 0.25) is 0 Å². The summed E-state index contributed by atoms with van der Waals surface area (Å²) in [4.78, 5) is 33.3. The molecule has 5 heteroatoms. The van der Waals surface area contributed by atoms with E-state index in [1.165, 1.54) is 0 Å². The number of Topliss-reactive ketones (excluding diaryl/α,β-unsaturated/α-hetero) is 1. The van der Waals surface area contributed by atoms with Gasteiger partial charge in [-0.05, 0) is 19.3 Å². The van der Waals surface area contributed by atoms with Gasteiger partial charge in [0.2, 0.25) is 12.3 Å². The van der Waals surface area contributed by atoms with E-state index < -0.39 is 6.04 Å². The molecule has 0 aromatic rings. The van der Waals surface area contributed by atoms with E-state index in [0.29, 0.717) is 12.8 Å². The molecule has 1 rings (SSSR count). The van der Waals surface area contributed by atoms with Gasteiger partial charge in [-0.25, -0.2) is 0 Å². The van der Waals surface area contributed by atoms with Crippen molar-refractivity contribution in [2.24, 2.45) is 0 Å². The van der Waals surface area contributed by atoms with Crippen molar-refractivity contribution in [1.29, 1.82) is 0 Å². The van der Waals surface area contributed by atoms with Gasteiger partial charge in [0.25, 0.3) is 0 Å². The molecule has 0 saturated heterocycles. The number of carbonyl (C=O) groups excluding carboxylic acids is 3. The SMILES string of the molecule is CCCC(NC=O)C(=O)CC(=O)NC1CC1. The maximum Gasteiger partial charge on any atom is 0.227 e. The van der Waals surface area contributed by atoms with Gasteiger partial charge in [-0.3, -0.25) is 14.4 Å². The molecule has 0 spiro atoms. The molecule has 1 fully saturated rings. The van der Waals surface area contributed by atoms with E-state index in [2.05, 4.69) is 10.6 Å². The van der Waals surface area contributed by atoms with E-state index in [1.54, 1.807) is 0 Å². The summed E-state index contributed by atoms with van der Waals surface area (Å²) in [5.74, 6) is -0.451. The third-order valence-electron chi connectivity index (χ3n) is 2.51. The number of hydrogen-bond donors (Lipinski definition) is 2. The summed E-state index contributed by atoms with van der Waals surface area (Å²) in [6.07, 6.45) is 3.75. The number of carbonyl (C=O) groups is 3. The van der Waals surface area contributed by atoms with Crippen LogP contribution in [-0.2, 0) is 14.4 Å². The number of hydrogen-bond acceptors (Lipinski definition) is 3. The lowest BCUT2D eigenvalue weighted by Crippen LogP contribution is -2.39. The minimum absolute atomic E-state index is 0.137. The highest BCUT2D eigenvalue weighted by atomic mass is 16.2. The topological polar surface area (TPSA) is 75.3 Å². The van der Waals surface area contributed by atoms with Crippen molar-refractivity contribution in [1.82, 2.24) is 10.6 Å². The Hall–Kier alpha value is -1.39. The van der Waals surface area contributed by atoms with Crippen molar-refractivity contribution < 1.29 is 14.4 Å². The number of ketones is 1. The van der Waals surface area contributed by atoms with Crippen molar-refractivity contribution >= 4 is 18.1 Å². The Kier molecular flexibility index (Phi) is 4.95. The molecule has 90 valence electrons. The van der Waals surface area contributed by atoms with Crippen LogP contribution in [0.5, 0.6) is 0 Å². The van der Waals surface area contributed by atoms with Crippen LogP contribution in [-0.4, -0.2) is 30.2 Å². The third kappa shape index (κ3) is 4.42. The summed E-state index contributed by atoms with van der Waals surface area (Å²) in [6, 6.07) is -0.253. The van der Waals surface area contributed by atoms with E-state index in [-0.39, 0.29) is 24.2 Å². The van der Waals surface area contributed by atoms with Crippen molar-refractivity contribution in [3.63, 3.8) is 0 Å². The van der Waals surface area contributed by atoms with Crippen LogP contribution in [0.15, 0.2) is 0 Å². The summed E-state index contributed by atoms with van der Waals surface area (Å²) in [7, 11) is 0. The Labute approximate surface area is 95.0 Å². The van der Waals surface area contributed by atoms with E-state index >= 15 is 0 Å². The second kappa shape index (κ2) is 6.25. The van der Waals surface area contributed by atoms with Crippen molar-refractivity contribution in [3.8, 4) is 0 Å². The minimum Gasteiger partial charge on any atom is -0.353 e. The van der Waals surface area contributed by atoms with E-state index in [4.69, 9.17) is 0 Å². The fraction of sp³-hybridized carbons (Fsp3) is 0.727. The van der Waals surface area contributed by atoms with Crippen LogP contribution in [0.25, 0.3) is 0 Å². The Balaban J connectivity index is 2.33. The third-order valence-corrected chi connectivity index (χ3v) is 2.51. The summed E-state index contributed by atoms with van der Waals surface area (Å²) in [6.45, 7) is 1.93. The zero-order valence-electron chi connectivity index (χ0n) is 9.49. The van der Waals surface area contributed by atoms with E-state index in [1.807, 2.05) is 6.92 Å². The average Bonchev–Trinajstić information content (AvgIpc) is 3.01. The Morgan fingerprint density at radius 1 is 1.44 bits per heavy atom. The fourth-order valence-electron chi connectivity index (χ4n) is 1.50. The van der Waals surface area contributed by atoms with Crippen molar-refractivity contribution in [3.05, 3.63) is 0 Å². The highest BCUT2D eigenvalue weighted by Crippen LogP contribution is 2.18. The first-order chi connectivity index (χ1) is 7.67. The summed E-state index contributed by atoms with van der Waals surface area (Å²) < 4.78 is 0. The number of nitrogens with one attached hydrogen (secondary N) is 2. The van der Waals surface area contributed by atoms with Crippen LogP contribution in [0.3, 0.4) is 0 Å². The quantitative estimate of drug-likeness (QED) is 0.456. The standard InChI is InChI=1S/C11H18N2O3/c1-2-3-9(12-7-14)10(15)6-11(16)13-8-4-5-8/h7-9H,2-6H2,1H3,(H,12,14)(H,13,16). The van der Waals surface area contributed by atoms with Crippen LogP contribution >= 0.6 is 0 Å². The molecule has 1 aliphatic carbocycles. The van der Waals surface area contributed by atoms with Gasteiger partial charge in [-0.2, -0.15) is 0 Å². The van der Waals surface area contributed by atoms with Gasteiger partial charge in [0.15, 0.2) is 5.78 Å². The van der Waals surface area contributed by atoms with E-state index in [0.717, 1.165) is 19.3 Å². The number of amides is 2. The van der Waals surface area contributed by atoms with Crippen molar-refractivity contribution in [2.75, 3.05) is 0 Å². The molecule has 1 unspecified atom stereocenters. The molecule has 1 aliphatic rings. The first-order valence-electron chi connectivity index (χ1n) is 5.69. The van der Waals surface area contributed by atoms with Crippen LogP contribution in [0, 0.1) is 0 Å². The van der Waals surface area contributed by atoms with Gasteiger partial charge in [-0.1, -0.05) is 13.3 Å². The molecule has 0 aliphatic heterocycles. The van der Waals surface area contributed by atoms with Gasteiger partial charge in [0.1, 0.15) is 0 Å². The lowest BCUT2D eigenvalue weighted by Gasteiger charge is -2.13. The first-order valence-corrected chi connectivity index (χ1v) is 5.69. The molecule has 0 radical (unpaired) electrons. The Morgan fingerprint density at radius 2 is 2.12 bits per heavy atom. The Bertz CT molecular complexity index is 274. The highest BCUT2D eigenvalue weighted by molar-refractivity contribution is 6.01. The maximum atomic E-state index is 11.7. The molecule has 1 atom stereocenters. The predicted octanol–water partition coefficient (Wildman–Crippen LogP) is 0.139. The summed E-state index contributed by atoms with van der Waals surface area (Å²) >= 11 is 0. The predicted molar refractivity (Wildman–Crippen MR) is 58.7 cm³/mol. The Morgan fingerprint density at radius 3 is 2.62 bits per heavy atom. The lowest BCUT2D eigenvalue weighted by atomic mass is 10.0. The fourth-order valence-corrected chi connectivity index (χ4v) is 1.50. The van der Waals surface area contributed by atoms with Gasteiger partial charge in [-0.15, -0.1) is 0 Å². The average molecular weight is 226 g/mol. The zero-order valence-corrected chi connectivity index (χ0v) is 9.49. The highest BCUT2D eigenvalue weighted by Gasteiger charge is 2.25. The smallest absolute Gasteiger partial charge is 0.227 e. The second-order valence-corrected chi connectivity index (χ2v) is 4.11. The van der Waals surface area contributed by atoms with Crippen LogP contribution < -0.4 is 10.6 Å². The molecule has 0 heterocycles. The lowest BCUT2D eigenvalue weighted by molar-refractivity contribution is -0.130. The van der Waals surface area contributed by atoms with Gasteiger partial charge >= 0.3 is 0 Å². The number of rotatable bonds is 8. The van der Waals surface area contributed by atoms with Crippen LogP contribution in [0.4, 0.5) is 0 Å². The van der Waals surface area contributed by atoms with Gasteiger partial charge in [0.05, 0.1) is 12.5 Å². The molecular formula is C11H18N2O3. The minimum atomic E-state index is -0.521. The molecule has 0 bridgehead atoms. The molecule has 0 aromatic heterocycles. The van der Waals surface area contributed by atoms with Crippen LogP contribution in [0.1, 0.15) is 39.0 Å². The zero-order chi connectivity index (χ0) is 12.0. The van der Waals surface area contributed by atoms with Gasteiger partial charge < -0.3 is 10.6 Å². The van der Waals surface area contributed by atoms with Crippen molar-refractivity contribution in [2.45, 2.75) is 51.1 Å². The monoisotopic (exact) mass is 226 g/mol. The maximum absolute atomic E-state index is 11.7.